The van der Waals surface area contributed by atoms with E-state index in [0.29, 0.717) is 0 Å². The highest BCUT2D eigenvalue weighted by Gasteiger charge is 2.31. The number of nitrogens with one attached hydrogen (secondary N) is 1. The summed E-state index contributed by atoms with van der Waals surface area (Å²) in [4.78, 5) is 25.6. The lowest BCUT2D eigenvalue weighted by Crippen LogP contribution is -2.20. The van der Waals surface area contributed by atoms with Gasteiger partial charge < -0.3 is 10.1 Å². The predicted molar refractivity (Wildman–Crippen MR) is 57.9 cm³/mol. The quantitative estimate of drug-likeness (QED) is 0.619. The van der Waals surface area contributed by atoms with Gasteiger partial charge in [-0.2, -0.15) is 0 Å². The van der Waals surface area contributed by atoms with Crippen LogP contribution in [0.15, 0.2) is 12.4 Å². The molecule has 0 unspecified atom stereocenters. The van der Waals surface area contributed by atoms with Crippen molar-refractivity contribution in [3.05, 3.63) is 28.1 Å². The van der Waals surface area contributed by atoms with E-state index in [1.807, 2.05) is 0 Å². The number of nitrogens with zero attached hydrogens (tertiary/aromatic N) is 2. The van der Waals surface area contributed by atoms with Crippen LogP contribution in [0.4, 0.5) is 5.69 Å². The van der Waals surface area contributed by atoms with Crippen LogP contribution in [0.5, 0.6) is 5.75 Å². The summed E-state index contributed by atoms with van der Waals surface area (Å²) in [5.41, 5.74) is -0.415. The Kier molecular flexibility index (Phi) is 2.90. The number of nitro groups is 1. The van der Waals surface area contributed by atoms with Crippen LogP contribution in [-0.2, 0) is 0 Å². The summed E-state index contributed by atoms with van der Waals surface area (Å²) in [5, 5.41) is 13.3. The van der Waals surface area contributed by atoms with Gasteiger partial charge in [0.1, 0.15) is 5.56 Å². The van der Waals surface area contributed by atoms with Gasteiger partial charge in [0.05, 0.1) is 17.2 Å². The van der Waals surface area contributed by atoms with Gasteiger partial charge in [-0.1, -0.05) is 0 Å². The van der Waals surface area contributed by atoms with Crippen molar-refractivity contribution in [1.29, 1.82) is 0 Å². The van der Waals surface area contributed by atoms with E-state index >= 15 is 0 Å². The lowest BCUT2D eigenvalue weighted by Gasteiger charge is -2.07. The zero-order chi connectivity index (χ0) is 12.4. The second-order valence-electron chi connectivity index (χ2n) is 3.69. The Hall–Kier alpha value is -2.18. The molecule has 0 bridgehead atoms. The summed E-state index contributed by atoms with van der Waals surface area (Å²) in [7, 11) is 1.40. The second kappa shape index (κ2) is 4.36. The van der Waals surface area contributed by atoms with Crippen molar-refractivity contribution in [2.45, 2.75) is 18.9 Å². The molecule has 1 heterocycles. The van der Waals surface area contributed by atoms with E-state index in [9.17, 15) is 14.9 Å². The van der Waals surface area contributed by atoms with Gasteiger partial charge in [0, 0.05) is 13.2 Å². The zero-order valence-electron chi connectivity index (χ0n) is 9.17. The van der Waals surface area contributed by atoms with E-state index in [1.54, 1.807) is 0 Å². The average molecular weight is 237 g/mol. The number of hydrogen-bond acceptors (Lipinski definition) is 5. The second-order valence-corrected chi connectivity index (χ2v) is 3.69. The first-order valence-corrected chi connectivity index (χ1v) is 5.14. The van der Waals surface area contributed by atoms with Crippen molar-refractivity contribution >= 4 is 11.6 Å². The Morgan fingerprint density at radius 1 is 1.59 bits per heavy atom. The van der Waals surface area contributed by atoms with Crippen molar-refractivity contribution in [2.75, 3.05) is 7.05 Å². The first kappa shape index (κ1) is 11.3. The molecule has 1 aromatic rings. The smallest absolute Gasteiger partial charge is 0.326 e. The van der Waals surface area contributed by atoms with Gasteiger partial charge in [0.15, 0.2) is 0 Å². The predicted octanol–water partition coefficient (Wildman–Crippen LogP) is 0.891. The fourth-order valence-electron chi connectivity index (χ4n) is 1.38. The molecule has 7 nitrogen and oxygen atoms in total. The molecule has 1 fully saturated rings. The molecule has 1 aromatic heterocycles. The highest BCUT2D eigenvalue weighted by molar-refractivity contribution is 5.98. The monoisotopic (exact) mass is 237 g/mol. The van der Waals surface area contributed by atoms with E-state index in [1.165, 1.54) is 13.2 Å². The van der Waals surface area contributed by atoms with Gasteiger partial charge in [-0.25, -0.2) is 0 Å². The molecule has 90 valence electrons. The van der Waals surface area contributed by atoms with Crippen LogP contribution < -0.4 is 10.1 Å². The SMILES string of the molecule is CNC(=O)c1cncc(OC2CC2)c1[N+](=O)[O-]. The molecule has 0 aromatic carbocycles. The third kappa shape index (κ3) is 2.32. The minimum atomic E-state index is -0.621. The number of amides is 1. The summed E-state index contributed by atoms with van der Waals surface area (Å²) >= 11 is 0. The molecule has 0 aliphatic heterocycles. The van der Waals surface area contributed by atoms with E-state index in [4.69, 9.17) is 4.74 Å². The fraction of sp³-hybridized carbons (Fsp3) is 0.400. The average Bonchev–Trinajstić information content (AvgIpc) is 3.11. The van der Waals surface area contributed by atoms with Gasteiger partial charge in [-0.15, -0.1) is 0 Å². The molecule has 0 spiro atoms. The first-order valence-electron chi connectivity index (χ1n) is 5.14. The lowest BCUT2D eigenvalue weighted by molar-refractivity contribution is -0.386. The van der Waals surface area contributed by atoms with Crippen molar-refractivity contribution in [2.24, 2.45) is 0 Å². The van der Waals surface area contributed by atoms with Gasteiger partial charge in [-0.3, -0.25) is 19.9 Å². The van der Waals surface area contributed by atoms with Crippen LogP contribution in [0.25, 0.3) is 0 Å². The molecule has 1 N–H and O–H groups in total. The Morgan fingerprint density at radius 2 is 2.29 bits per heavy atom. The van der Waals surface area contributed by atoms with Crippen LogP contribution in [0.3, 0.4) is 0 Å². The number of carbonyl (C=O) groups is 1. The van der Waals surface area contributed by atoms with E-state index in [-0.39, 0.29) is 23.1 Å². The maximum absolute atomic E-state index is 11.5. The molecule has 17 heavy (non-hydrogen) atoms. The van der Waals surface area contributed by atoms with Crippen LogP contribution in [0.2, 0.25) is 0 Å². The molecule has 7 heteroatoms. The van der Waals surface area contributed by atoms with Crippen molar-refractivity contribution < 1.29 is 14.5 Å². The molecule has 1 saturated carbocycles. The number of aromatic nitrogens is 1. The largest absolute Gasteiger partial charge is 0.482 e. The van der Waals surface area contributed by atoms with E-state index in [2.05, 4.69) is 10.3 Å². The normalized spacial score (nSPS) is 14.2. The molecule has 1 aliphatic carbocycles. The maximum Gasteiger partial charge on any atom is 0.326 e. The number of hydrogen-bond donors (Lipinski definition) is 1. The molecule has 0 radical (unpaired) electrons. The van der Waals surface area contributed by atoms with E-state index < -0.39 is 10.8 Å². The third-order valence-electron chi connectivity index (χ3n) is 2.36. The molecular weight excluding hydrogens is 226 g/mol. The van der Waals surface area contributed by atoms with Crippen LogP contribution in [0.1, 0.15) is 23.2 Å². The maximum atomic E-state index is 11.5. The Balaban J connectivity index is 2.43. The van der Waals surface area contributed by atoms with Crippen molar-refractivity contribution in [3.8, 4) is 5.75 Å². The summed E-state index contributed by atoms with van der Waals surface area (Å²) < 4.78 is 5.37. The van der Waals surface area contributed by atoms with Crippen LogP contribution in [0, 0.1) is 10.1 Å². The lowest BCUT2D eigenvalue weighted by atomic mass is 10.2. The van der Waals surface area contributed by atoms with Gasteiger partial charge >= 0.3 is 5.69 Å². The molecule has 2 rings (SSSR count). The summed E-state index contributed by atoms with van der Waals surface area (Å²) in [6.45, 7) is 0. The summed E-state index contributed by atoms with van der Waals surface area (Å²) in [6, 6.07) is 0. The fourth-order valence-corrected chi connectivity index (χ4v) is 1.38. The topological polar surface area (TPSA) is 94.4 Å². The third-order valence-corrected chi connectivity index (χ3v) is 2.36. The molecular formula is C10H11N3O4. The summed E-state index contributed by atoms with van der Waals surface area (Å²) in [6.07, 6.45) is 4.19. The minimum absolute atomic E-state index is 0.00966. The van der Waals surface area contributed by atoms with Crippen LogP contribution in [-0.4, -0.2) is 29.0 Å². The van der Waals surface area contributed by atoms with Gasteiger partial charge in [0.2, 0.25) is 5.75 Å². The Labute approximate surface area is 96.9 Å². The zero-order valence-corrected chi connectivity index (χ0v) is 9.17. The highest BCUT2D eigenvalue weighted by atomic mass is 16.6. The Morgan fingerprint density at radius 3 is 2.82 bits per heavy atom. The van der Waals surface area contributed by atoms with E-state index in [0.717, 1.165) is 19.0 Å². The van der Waals surface area contributed by atoms with Crippen molar-refractivity contribution in [3.63, 3.8) is 0 Å². The van der Waals surface area contributed by atoms with Crippen molar-refractivity contribution in [1.82, 2.24) is 10.3 Å². The van der Waals surface area contributed by atoms with Crippen LogP contribution >= 0.6 is 0 Å². The highest BCUT2D eigenvalue weighted by Crippen LogP contribution is 2.34. The Bertz CT molecular complexity index is 471. The van der Waals surface area contributed by atoms with Gasteiger partial charge in [-0.05, 0) is 12.8 Å². The minimum Gasteiger partial charge on any atom is -0.482 e. The standard InChI is InChI=1S/C10H11N3O4/c1-11-10(14)7-4-12-5-8(9(7)13(15)16)17-6-2-3-6/h4-6H,2-3H2,1H3,(H,11,14). The number of ether oxygens (including phenoxy) is 1. The first-order chi connectivity index (χ1) is 8.13. The number of carbonyl (C=O) groups excluding carboxylic acids is 1. The molecule has 0 saturated heterocycles. The van der Waals surface area contributed by atoms with Gasteiger partial charge in [0.25, 0.3) is 5.91 Å². The number of rotatable bonds is 4. The molecule has 1 aliphatic rings. The summed E-state index contributed by atoms with van der Waals surface area (Å²) in [5.74, 6) is -0.496. The number of pyridine rings is 1. The molecule has 0 atom stereocenters. The molecule has 1 amide bonds.